The number of nitrogens with zero attached hydrogens (tertiary/aromatic N) is 19. The molecule has 14 aromatic heterocycles. The van der Waals surface area contributed by atoms with E-state index in [0.29, 0.717) is 56.1 Å². The van der Waals surface area contributed by atoms with Crippen LogP contribution in [0.2, 0.25) is 0 Å². The average Bonchev–Trinajstić information content (AvgIpc) is 1.59. The van der Waals surface area contributed by atoms with E-state index in [1.807, 2.05) is 148 Å². The van der Waals surface area contributed by atoms with Crippen molar-refractivity contribution in [1.29, 1.82) is 0 Å². The third-order valence-electron chi connectivity index (χ3n) is 24.8. The molecule has 694 valence electrons. The van der Waals surface area contributed by atoms with E-state index >= 15 is 0 Å². The lowest BCUT2D eigenvalue weighted by atomic mass is 10.0. The minimum absolute atomic E-state index is 0. The maximum atomic E-state index is 11.7. The highest BCUT2D eigenvalue weighted by molar-refractivity contribution is 14.0. The predicted molar refractivity (Wildman–Crippen MR) is 540 cm³/mol. The summed E-state index contributed by atoms with van der Waals surface area (Å²) in [7, 11) is -3.77. The first-order chi connectivity index (χ1) is 54.4. The number of hydrogen-bond acceptors (Lipinski definition) is 21. The van der Waals surface area contributed by atoms with Gasteiger partial charge in [0.1, 0.15) is 50.4 Å². The first kappa shape index (κ1) is 116. The number of aromatic nitrogens is 14. The van der Waals surface area contributed by atoms with Crippen molar-refractivity contribution in [2.24, 2.45) is 0 Å². The molecule has 0 spiro atoms. The molecule has 0 aromatic carbocycles. The number of pyridine rings is 7. The second-order valence-corrected chi connectivity index (χ2v) is 32.9. The number of anilines is 2. The van der Waals surface area contributed by atoms with Crippen LogP contribution in [0.4, 0.5) is 44.5 Å². The van der Waals surface area contributed by atoms with Gasteiger partial charge in [0, 0.05) is 47.5 Å². The maximum Gasteiger partial charge on any atom is 0.334 e. The van der Waals surface area contributed by atoms with Gasteiger partial charge in [-0.2, -0.15) is 30.6 Å². The van der Waals surface area contributed by atoms with Crippen molar-refractivity contribution >= 4 is 160 Å². The molecule has 33 nitrogen and oxygen atoms in total. The van der Waals surface area contributed by atoms with Crippen molar-refractivity contribution in [2.45, 2.75) is 270 Å². The molecule has 0 aliphatic rings. The molecule has 0 saturated carbocycles. The smallest absolute Gasteiger partial charge is 0.334 e. The van der Waals surface area contributed by atoms with Crippen molar-refractivity contribution in [3.05, 3.63) is 241 Å². The van der Waals surface area contributed by atoms with Crippen LogP contribution in [0.3, 0.4) is 0 Å². The van der Waals surface area contributed by atoms with Crippen LogP contribution in [-0.2, 0) is 9.84 Å². The normalized spacial score (nSPS) is 10.6. The molecule has 14 heterocycles. The standard InChI is InChI=1S/C12H15N3O4S.4C12H15N3O2.2C12H17N3.4CH4.FH.3HI.H2/c1-6-7(2)9(4)14-10(8(6)3)11(15(16)17)12(13-14)20(5,18)19;4*1-6-7(2)10(5)14-11(8(6)3)12(15(16)17)9(4)13-14;2*1-6-7(2)10(5)15-12(8(6)3)11(13)9(4)14-15;;;;;;;;;/h1-5H3;4*1-5H3;2*13H2,1-5H3;4*1H4;5*1H. The Morgan fingerprint density at radius 3 is 0.532 bits per heavy atom. The van der Waals surface area contributed by atoms with E-state index in [1.165, 1.54) is 49.3 Å². The van der Waals surface area contributed by atoms with Gasteiger partial charge in [-0.25, -0.2) is 40.0 Å². The second-order valence-electron chi connectivity index (χ2n) is 31.0. The van der Waals surface area contributed by atoms with Crippen LogP contribution < -0.4 is 11.5 Å². The Hall–Kier alpha value is -10.5. The Morgan fingerprint density at radius 1 is 0.238 bits per heavy atom. The summed E-state index contributed by atoms with van der Waals surface area (Å²) < 4.78 is 35.5. The first-order valence-electron chi connectivity index (χ1n) is 38.1. The minimum atomic E-state index is -3.77. The molecule has 0 bridgehead atoms. The number of nitrogen functional groups attached to an aromatic ring is 2. The number of aryl methyl sites for hydroxylation is 20. The zero-order valence-electron chi connectivity index (χ0n) is 76.1. The fraction of sp³-hybridized carbons (Fsp3) is 0.443. The summed E-state index contributed by atoms with van der Waals surface area (Å²) in [6, 6.07) is 0. The topological polar surface area (TPSA) is 423 Å². The molecular weight excluding hydrogens is 1970 g/mol. The van der Waals surface area contributed by atoms with Crippen molar-refractivity contribution < 1.29 is 39.2 Å². The van der Waals surface area contributed by atoms with Gasteiger partial charge in [-0.3, -0.25) is 55.3 Å². The SMILES string of the molecule is C.C.C.C.Cc1c(C)c(C)n2nc(S(C)(=O)=O)c([N+](=O)[O-])c2c1C.Cc1nn2c(C)c(C)c(C)c(C)c2c1N.Cc1nn2c(C)c(C)c(C)c(C)c2c1N.Cc1nn2c(C)c(C)c(C)c(C)c2c1[N+](=O)[O-].Cc1nn2c(C)c(C)c(C)c(C)c2c1[N+](=O)[O-].Cc1nn2c(C)c(C)c(C)c(C)c2c1[N+](=O)[O-].Cc1nn2c(C)c(C)c(C)c(C)c2c1[N+](=O)[O-].F.I.I.I.[HH]. The zero-order valence-corrected chi connectivity index (χ0v) is 83.9. The molecule has 0 amide bonds. The summed E-state index contributed by atoms with van der Waals surface area (Å²) in [5.41, 5.74) is 51.9. The highest BCUT2D eigenvalue weighted by Crippen LogP contribution is 2.39. The largest absolute Gasteiger partial charge is 0.395 e. The van der Waals surface area contributed by atoms with E-state index in [2.05, 4.69) is 91.1 Å². The fourth-order valence-electron chi connectivity index (χ4n) is 15.2. The molecule has 126 heavy (non-hydrogen) atoms. The molecule has 0 aliphatic heterocycles. The number of hydrogen-bond donors (Lipinski definition) is 2. The highest BCUT2D eigenvalue weighted by Gasteiger charge is 2.34. The lowest BCUT2D eigenvalue weighted by Gasteiger charge is -2.11. The van der Waals surface area contributed by atoms with Crippen LogP contribution in [-0.4, -0.2) is 107 Å². The molecular formula is C88H131FI3N21O12S. The summed E-state index contributed by atoms with van der Waals surface area (Å²) in [6.07, 6.45) is 0.923. The lowest BCUT2D eigenvalue weighted by Crippen LogP contribution is -2.03. The first-order valence-corrected chi connectivity index (χ1v) is 40.0. The van der Waals surface area contributed by atoms with Crippen LogP contribution in [0.1, 0.15) is 222 Å². The highest BCUT2D eigenvalue weighted by atomic mass is 127. The average molecular weight is 2110 g/mol. The Kier molecular flexibility index (Phi) is 39.3. The Labute approximate surface area is 789 Å². The third-order valence-corrected chi connectivity index (χ3v) is 25.8. The molecule has 0 radical (unpaired) electrons. The monoisotopic (exact) mass is 2110 g/mol. The van der Waals surface area contributed by atoms with Gasteiger partial charge in [0.2, 0.25) is 9.84 Å². The molecule has 0 atom stereocenters. The van der Waals surface area contributed by atoms with Crippen molar-refractivity contribution in [3.63, 3.8) is 0 Å². The molecule has 4 N–H and O–H groups in total. The van der Waals surface area contributed by atoms with Gasteiger partial charge in [0.25, 0.3) is 5.03 Å². The van der Waals surface area contributed by atoms with Crippen LogP contribution in [0.25, 0.3) is 38.6 Å². The van der Waals surface area contributed by atoms with Gasteiger partial charge >= 0.3 is 28.4 Å². The summed E-state index contributed by atoms with van der Waals surface area (Å²) in [5.74, 6) is 0. The van der Waals surface area contributed by atoms with Gasteiger partial charge in [-0.1, -0.05) is 29.7 Å². The number of halogens is 4. The van der Waals surface area contributed by atoms with Gasteiger partial charge in [-0.15, -0.1) is 77.0 Å². The second kappa shape index (κ2) is 42.9. The van der Waals surface area contributed by atoms with E-state index in [4.69, 9.17) is 11.5 Å². The predicted octanol–water partition coefficient (Wildman–Crippen LogP) is 22.7. The fourth-order valence-corrected chi connectivity index (χ4v) is 15.9. The van der Waals surface area contributed by atoms with Crippen LogP contribution in [0.5, 0.6) is 0 Å². The minimum Gasteiger partial charge on any atom is -0.395 e. The summed E-state index contributed by atoms with van der Waals surface area (Å²) >= 11 is 0. The Morgan fingerprint density at radius 2 is 0.373 bits per heavy atom. The molecule has 0 fully saturated rings. The molecule has 0 aliphatic carbocycles. The van der Waals surface area contributed by atoms with E-state index in [0.717, 1.165) is 141 Å². The number of nitrogens with two attached hydrogens (primary N) is 2. The summed E-state index contributed by atoms with van der Waals surface area (Å²) in [6.45, 7) is 66.1. The van der Waals surface area contributed by atoms with Crippen molar-refractivity contribution in [1.82, 2.24) is 67.3 Å². The van der Waals surface area contributed by atoms with E-state index < -0.39 is 25.5 Å². The summed E-state index contributed by atoms with van der Waals surface area (Å²) in [5, 5.41) is 85.2. The summed E-state index contributed by atoms with van der Waals surface area (Å²) in [4.78, 5) is 53.7. The van der Waals surface area contributed by atoms with E-state index in [-0.39, 0.29) is 156 Å². The Balaban J connectivity index is 0. The number of nitro groups is 5. The number of fused-ring (bicyclic) bond motifs is 7. The lowest BCUT2D eigenvalue weighted by molar-refractivity contribution is -0.386. The van der Waals surface area contributed by atoms with Crippen LogP contribution in [0.15, 0.2) is 5.03 Å². The zero-order chi connectivity index (χ0) is 89.7. The molecule has 14 rings (SSSR count). The van der Waals surface area contributed by atoms with E-state index in [1.54, 1.807) is 59.6 Å². The third kappa shape index (κ3) is 20.1. The van der Waals surface area contributed by atoms with Gasteiger partial charge < -0.3 is 11.5 Å². The van der Waals surface area contributed by atoms with Crippen LogP contribution >= 0.6 is 71.9 Å². The van der Waals surface area contributed by atoms with Gasteiger partial charge in [0.15, 0.2) is 0 Å². The molecule has 0 unspecified atom stereocenters. The van der Waals surface area contributed by atoms with Crippen molar-refractivity contribution in [3.8, 4) is 0 Å². The van der Waals surface area contributed by atoms with E-state index in [9.17, 15) is 59.0 Å². The number of rotatable bonds is 6. The van der Waals surface area contributed by atoms with Crippen molar-refractivity contribution in [2.75, 3.05) is 17.7 Å². The molecule has 0 saturated heterocycles. The Bertz CT molecular complexity index is 6250. The number of sulfone groups is 1. The van der Waals surface area contributed by atoms with Gasteiger partial charge in [0.05, 0.1) is 58.4 Å². The molecule has 14 aromatic rings. The maximum absolute atomic E-state index is 11.7. The quantitative estimate of drug-likeness (QED) is 0.0887. The van der Waals surface area contributed by atoms with Gasteiger partial charge in [-0.05, 0) is 352 Å². The molecule has 38 heteroatoms. The van der Waals surface area contributed by atoms with Crippen LogP contribution in [0, 0.1) is 286 Å².